The second-order valence-corrected chi connectivity index (χ2v) is 4.00. The summed E-state index contributed by atoms with van der Waals surface area (Å²) in [6.45, 7) is 0. The van der Waals surface area contributed by atoms with Gasteiger partial charge < -0.3 is 5.53 Å². The largest absolute Gasteiger partial charge is 0.361 e. The number of pyridine rings is 1. The molecule has 84 valence electrons. The summed E-state index contributed by atoms with van der Waals surface area (Å²) in [6, 6.07) is 7.27. The third kappa shape index (κ3) is 2.75. The number of carbonyl (C=O) groups excluding carboxylic acids is 1. The summed E-state index contributed by atoms with van der Waals surface area (Å²) in [5.74, 6) is -0.262. The van der Waals surface area contributed by atoms with Crippen LogP contribution in [0.5, 0.6) is 0 Å². The molecule has 5 heteroatoms. The molecule has 0 saturated heterocycles. The lowest BCUT2D eigenvalue weighted by atomic mass is 10.1. The Labute approximate surface area is 102 Å². The van der Waals surface area contributed by atoms with Crippen LogP contribution in [0.25, 0.3) is 16.4 Å². The first-order chi connectivity index (χ1) is 8.19. The first-order valence-electron chi connectivity index (χ1n) is 4.93. The Morgan fingerprint density at radius 3 is 3.06 bits per heavy atom. The molecular weight excluding hydrogens is 238 g/mol. The molecule has 0 unspecified atom stereocenters. The van der Waals surface area contributed by atoms with Gasteiger partial charge in [-0.1, -0.05) is 17.7 Å². The Kier molecular flexibility index (Phi) is 3.28. The van der Waals surface area contributed by atoms with E-state index in [9.17, 15) is 4.79 Å². The van der Waals surface area contributed by atoms with Gasteiger partial charge in [-0.25, -0.2) is 0 Å². The van der Waals surface area contributed by atoms with Gasteiger partial charge in [-0.15, -0.1) is 0 Å². The number of aromatic nitrogens is 1. The van der Waals surface area contributed by atoms with E-state index >= 15 is 0 Å². The van der Waals surface area contributed by atoms with Gasteiger partial charge in [0, 0.05) is 18.0 Å². The van der Waals surface area contributed by atoms with Crippen molar-refractivity contribution in [2.45, 2.75) is 6.42 Å². The summed E-state index contributed by atoms with van der Waals surface area (Å²) in [7, 11) is 0. The zero-order valence-electron chi connectivity index (χ0n) is 8.80. The molecule has 0 N–H and O–H groups in total. The Hall–Kier alpha value is -2.03. The van der Waals surface area contributed by atoms with E-state index in [1.165, 1.54) is 0 Å². The van der Waals surface area contributed by atoms with E-state index in [1.54, 1.807) is 12.3 Å². The number of Topliss-reactive ketones (excluding diaryl/α,β-unsaturated/α-hetero) is 1. The van der Waals surface area contributed by atoms with Crippen LogP contribution >= 0.6 is 11.6 Å². The van der Waals surface area contributed by atoms with Crippen molar-refractivity contribution in [1.29, 1.82) is 0 Å². The van der Waals surface area contributed by atoms with Crippen molar-refractivity contribution in [3.8, 4) is 0 Å². The lowest BCUT2D eigenvalue weighted by Crippen LogP contribution is -2.04. The molecular formula is C12H8ClN3O. The van der Waals surface area contributed by atoms with E-state index in [1.807, 2.05) is 18.2 Å². The summed E-state index contributed by atoms with van der Waals surface area (Å²) in [5.41, 5.74) is 9.89. The average Bonchev–Trinajstić information content (AvgIpc) is 2.28. The van der Waals surface area contributed by atoms with Crippen LogP contribution in [0.1, 0.15) is 5.56 Å². The van der Waals surface area contributed by atoms with Crippen LogP contribution in [-0.4, -0.2) is 21.8 Å². The fourth-order valence-corrected chi connectivity index (χ4v) is 1.74. The molecule has 2 rings (SSSR count). The molecule has 2 aromatic rings. The minimum absolute atomic E-state index is 0.187. The first kappa shape index (κ1) is 11.5. The number of ketones is 1. The molecule has 0 bridgehead atoms. The van der Waals surface area contributed by atoms with E-state index in [2.05, 4.69) is 9.77 Å². The molecule has 0 radical (unpaired) electrons. The molecule has 17 heavy (non-hydrogen) atoms. The number of benzene rings is 1. The van der Waals surface area contributed by atoms with E-state index in [-0.39, 0.29) is 12.2 Å². The summed E-state index contributed by atoms with van der Waals surface area (Å²) in [5, 5.41) is 1.43. The van der Waals surface area contributed by atoms with Gasteiger partial charge in [0.1, 0.15) is 0 Å². The van der Waals surface area contributed by atoms with Crippen molar-refractivity contribution in [2.24, 2.45) is 0 Å². The van der Waals surface area contributed by atoms with Crippen molar-refractivity contribution in [1.82, 2.24) is 4.98 Å². The van der Waals surface area contributed by atoms with Crippen LogP contribution < -0.4 is 0 Å². The monoisotopic (exact) mass is 245 g/mol. The molecule has 0 aliphatic rings. The Morgan fingerprint density at radius 2 is 2.29 bits per heavy atom. The molecule has 0 aliphatic carbocycles. The molecule has 0 fully saturated rings. The second-order valence-electron chi connectivity index (χ2n) is 3.57. The molecule has 0 aliphatic heterocycles. The fourth-order valence-electron chi connectivity index (χ4n) is 1.58. The highest BCUT2D eigenvalue weighted by Crippen LogP contribution is 2.18. The number of fused-ring (bicyclic) bond motifs is 1. The maximum Gasteiger partial charge on any atom is 0.323 e. The molecule has 1 aromatic heterocycles. The predicted molar refractivity (Wildman–Crippen MR) is 65.1 cm³/mol. The topological polar surface area (TPSA) is 66.4 Å². The van der Waals surface area contributed by atoms with E-state index in [0.717, 1.165) is 22.7 Å². The lowest BCUT2D eigenvalue weighted by Gasteiger charge is -2.00. The van der Waals surface area contributed by atoms with Crippen LogP contribution in [0, 0.1) is 0 Å². The van der Waals surface area contributed by atoms with Crippen molar-refractivity contribution in [3.05, 3.63) is 46.6 Å². The molecule has 0 spiro atoms. The van der Waals surface area contributed by atoms with Gasteiger partial charge in [0.2, 0.25) is 5.78 Å². The van der Waals surface area contributed by atoms with Gasteiger partial charge in [0.05, 0.1) is 10.5 Å². The summed E-state index contributed by atoms with van der Waals surface area (Å²) in [6.07, 6.45) is 2.65. The fraction of sp³-hybridized carbons (Fsp3) is 0.0833. The van der Waals surface area contributed by atoms with Crippen molar-refractivity contribution in [2.75, 3.05) is 0 Å². The summed E-state index contributed by atoms with van der Waals surface area (Å²) >= 11 is 5.84. The molecule has 0 saturated carbocycles. The third-order valence-electron chi connectivity index (χ3n) is 2.29. The zero-order valence-corrected chi connectivity index (χ0v) is 9.55. The zero-order chi connectivity index (χ0) is 12.3. The van der Waals surface area contributed by atoms with Crippen LogP contribution in [0.3, 0.4) is 0 Å². The minimum atomic E-state index is -0.262. The maximum absolute atomic E-state index is 11.3. The van der Waals surface area contributed by atoms with Gasteiger partial charge in [-0.2, -0.15) is 4.79 Å². The number of hydrogen-bond donors (Lipinski definition) is 0. The van der Waals surface area contributed by atoms with Gasteiger partial charge in [0.25, 0.3) is 0 Å². The number of hydrogen-bond acceptors (Lipinski definition) is 2. The van der Waals surface area contributed by atoms with Crippen LogP contribution in [0.15, 0.2) is 30.5 Å². The second kappa shape index (κ2) is 4.87. The molecule has 1 aromatic carbocycles. The highest BCUT2D eigenvalue weighted by Gasteiger charge is 2.05. The molecule has 4 nitrogen and oxygen atoms in total. The quantitative estimate of drug-likeness (QED) is 0.473. The molecule has 1 heterocycles. The van der Waals surface area contributed by atoms with Crippen molar-refractivity contribution < 1.29 is 9.58 Å². The van der Waals surface area contributed by atoms with E-state index < -0.39 is 0 Å². The highest BCUT2D eigenvalue weighted by atomic mass is 35.5. The van der Waals surface area contributed by atoms with Gasteiger partial charge in [-0.3, -0.25) is 9.78 Å². The van der Waals surface area contributed by atoms with Crippen molar-refractivity contribution in [3.63, 3.8) is 0 Å². The Morgan fingerprint density at radius 1 is 1.47 bits per heavy atom. The van der Waals surface area contributed by atoms with Crippen LogP contribution in [-0.2, 0) is 11.2 Å². The van der Waals surface area contributed by atoms with Gasteiger partial charge >= 0.3 is 6.21 Å². The van der Waals surface area contributed by atoms with Gasteiger partial charge in [0.15, 0.2) is 0 Å². The maximum atomic E-state index is 11.3. The number of rotatable bonds is 3. The van der Waals surface area contributed by atoms with E-state index in [4.69, 9.17) is 17.1 Å². The Balaban J connectivity index is 2.36. The summed E-state index contributed by atoms with van der Waals surface area (Å²) < 4.78 is 0. The highest BCUT2D eigenvalue weighted by molar-refractivity contribution is 6.31. The average molecular weight is 246 g/mol. The lowest BCUT2D eigenvalue weighted by molar-refractivity contribution is -0.115. The molecule has 0 atom stereocenters. The van der Waals surface area contributed by atoms with E-state index in [0.29, 0.717) is 5.02 Å². The van der Waals surface area contributed by atoms with Crippen molar-refractivity contribution >= 4 is 34.5 Å². The number of nitrogens with zero attached hydrogens (tertiary/aromatic N) is 3. The number of halogens is 1. The predicted octanol–water partition coefficient (Wildman–Crippen LogP) is 2.30. The van der Waals surface area contributed by atoms with Crippen LogP contribution in [0.2, 0.25) is 5.02 Å². The first-order valence-corrected chi connectivity index (χ1v) is 5.31. The minimum Gasteiger partial charge on any atom is -0.361 e. The summed E-state index contributed by atoms with van der Waals surface area (Å²) in [4.78, 5) is 18.1. The van der Waals surface area contributed by atoms with Gasteiger partial charge in [-0.05, 0) is 23.8 Å². The number of carbonyl (C=O) groups is 1. The van der Waals surface area contributed by atoms with Crippen LogP contribution in [0.4, 0.5) is 0 Å². The Bertz CT molecular complexity index is 633. The SMILES string of the molecule is [N-]=[N+]=CC(=O)Cc1ccc2ncc(Cl)cc2c1. The third-order valence-corrected chi connectivity index (χ3v) is 2.50. The standard InChI is InChI=1S/C12H8ClN3O/c13-10-5-9-3-8(4-11(17)7-16-14)1-2-12(9)15-6-10/h1-3,5-7H,4H2. The molecule has 0 amide bonds. The smallest absolute Gasteiger partial charge is 0.323 e. The normalized spacial score (nSPS) is 9.94.